The van der Waals surface area contributed by atoms with Crippen molar-refractivity contribution in [1.82, 2.24) is 14.8 Å². The summed E-state index contributed by atoms with van der Waals surface area (Å²) in [7, 11) is 1.76. The molecule has 0 aliphatic heterocycles. The topological polar surface area (TPSA) is 95.3 Å². The normalized spacial score (nSPS) is 12.9. The van der Waals surface area contributed by atoms with Crippen LogP contribution in [0.1, 0.15) is 40.6 Å². The minimum atomic E-state index is -2.89. The Bertz CT molecular complexity index is 1210. The molecule has 0 saturated carbocycles. The molecule has 0 bridgehead atoms. The molecule has 1 aromatic carbocycles. The van der Waals surface area contributed by atoms with Crippen LogP contribution in [0.3, 0.4) is 0 Å². The number of nitrogens with one attached hydrogen (secondary N) is 1. The summed E-state index contributed by atoms with van der Waals surface area (Å²) in [6, 6.07) is 6.08. The van der Waals surface area contributed by atoms with Gasteiger partial charge in [0.1, 0.15) is 10.8 Å². The Morgan fingerprint density at radius 1 is 1.20 bits per heavy atom. The predicted molar refractivity (Wildman–Crippen MR) is 129 cm³/mol. The minimum absolute atomic E-state index is 0.0506. The Hall–Kier alpha value is -2.99. The number of thiophene rings is 1. The van der Waals surface area contributed by atoms with Crippen molar-refractivity contribution in [3.8, 4) is 17.1 Å². The zero-order chi connectivity index (χ0) is 24.9. The predicted octanol–water partition coefficient (Wildman–Crippen LogP) is 4.93. The SMILES string of the molecule is CCOC(=O)c1c(NC(=O)CSc2nnc(-c3ccc(OC(F)F)cc3)n2C)sc2c1CCCC2. The molecule has 0 radical (unpaired) electrons. The first kappa shape index (κ1) is 25.1. The van der Waals surface area contributed by atoms with Gasteiger partial charge in [0, 0.05) is 17.5 Å². The van der Waals surface area contributed by atoms with E-state index >= 15 is 0 Å². The molecule has 12 heteroatoms. The second-order valence-electron chi connectivity index (χ2n) is 7.74. The first-order chi connectivity index (χ1) is 16.9. The van der Waals surface area contributed by atoms with E-state index in [0.717, 1.165) is 36.1 Å². The number of alkyl halides is 2. The van der Waals surface area contributed by atoms with E-state index in [1.54, 1.807) is 30.7 Å². The number of hydrogen-bond acceptors (Lipinski definition) is 8. The summed E-state index contributed by atoms with van der Waals surface area (Å²) in [5.41, 5.74) is 2.14. The van der Waals surface area contributed by atoms with Crippen LogP contribution in [0, 0.1) is 0 Å². The molecule has 1 aliphatic rings. The standard InChI is InChI=1S/C23H24F2N4O4S2/c1-3-32-21(31)18-15-6-4-5-7-16(15)35-20(18)26-17(30)12-34-23-28-27-19(29(23)2)13-8-10-14(11-9-13)33-22(24)25/h8-11,22H,3-7,12H2,1-2H3,(H,26,30). The van der Waals surface area contributed by atoms with Gasteiger partial charge in [0.2, 0.25) is 5.91 Å². The van der Waals surface area contributed by atoms with Gasteiger partial charge in [0.15, 0.2) is 11.0 Å². The van der Waals surface area contributed by atoms with Crippen molar-refractivity contribution in [2.45, 2.75) is 44.4 Å². The highest BCUT2D eigenvalue weighted by Crippen LogP contribution is 2.38. The number of esters is 1. The van der Waals surface area contributed by atoms with Crippen molar-refractivity contribution in [2.24, 2.45) is 7.05 Å². The molecule has 1 aliphatic carbocycles. The highest BCUT2D eigenvalue weighted by molar-refractivity contribution is 7.99. The summed E-state index contributed by atoms with van der Waals surface area (Å²) in [5, 5.41) is 12.2. The fourth-order valence-corrected chi connectivity index (χ4v) is 5.85. The molecule has 8 nitrogen and oxygen atoms in total. The van der Waals surface area contributed by atoms with Crippen LogP contribution in [-0.2, 0) is 29.4 Å². The molecule has 0 spiro atoms. The van der Waals surface area contributed by atoms with Gasteiger partial charge < -0.3 is 19.4 Å². The number of carbonyl (C=O) groups is 2. The molecule has 0 fully saturated rings. The Kier molecular flexibility index (Phi) is 8.01. The van der Waals surface area contributed by atoms with Crippen molar-refractivity contribution < 1.29 is 27.8 Å². The van der Waals surface area contributed by atoms with Crippen LogP contribution >= 0.6 is 23.1 Å². The molecule has 0 atom stereocenters. The Morgan fingerprint density at radius 3 is 2.66 bits per heavy atom. The van der Waals surface area contributed by atoms with Crippen molar-refractivity contribution in [3.63, 3.8) is 0 Å². The van der Waals surface area contributed by atoms with Gasteiger partial charge in [-0.1, -0.05) is 11.8 Å². The third-order valence-corrected chi connectivity index (χ3v) is 7.64. The summed E-state index contributed by atoms with van der Waals surface area (Å²) in [5.74, 6) is -0.0329. The number of rotatable bonds is 9. The van der Waals surface area contributed by atoms with Crippen LogP contribution < -0.4 is 10.1 Å². The van der Waals surface area contributed by atoms with E-state index in [4.69, 9.17) is 4.74 Å². The molecule has 2 aromatic heterocycles. The lowest BCUT2D eigenvalue weighted by molar-refractivity contribution is -0.113. The molecular weight excluding hydrogens is 498 g/mol. The number of halogens is 2. The number of ether oxygens (including phenoxy) is 2. The van der Waals surface area contributed by atoms with Gasteiger partial charge in [-0.05, 0) is 62.4 Å². The summed E-state index contributed by atoms with van der Waals surface area (Å²) >= 11 is 2.65. The number of benzene rings is 1. The molecule has 1 amide bonds. The van der Waals surface area contributed by atoms with E-state index in [0.29, 0.717) is 27.1 Å². The van der Waals surface area contributed by atoms with Gasteiger partial charge in [0.25, 0.3) is 0 Å². The van der Waals surface area contributed by atoms with Crippen LogP contribution in [-0.4, -0.2) is 45.6 Å². The third-order valence-electron chi connectivity index (χ3n) is 5.41. The van der Waals surface area contributed by atoms with E-state index in [9.17, 15) is 18.4 Å². The lowest BCUT2D eigenvalue weighted by atomic mass is 9.95. The number of hydrogen-bond donors (Lipinski definition) is 1. The molecule has 4 rings (SSSR count). The Labute approximate surface area is 209 Å². The highest BCUT2D eigenvalue weighted by Gasteiger charge is 2.27. The van der Waals surface area contributed by atoms with Crippen LogP contribution in [0.25, 0.3) is 11.4 Å². The quantitative estimate of drug-likeness (QED) is 0.314. The maximum absolute atomic E-state index is 12.7. The third kappa shape index (κ3) is 5.81. The van der Waals surface area contributed by atoms with E-state index in [1.807, 2.05) is 0 Å². The van der Waals surface area contributed by atoms with Gasteiger partial charge >= 0.3 is 12.6 Å². The largest absolute Gasteiger partial charge is 0.462 e. The number of anilines is 1. The lowest BCUT2D eigenvalue weighted by Crippen LogP contribution is -2.17. The number of thioether (sulfide) groups is 1. The molecule has 1 N–H and O–H groups in total. The second kappa shape index (κ2) is 11.2. The molecular formula is C23H24F2N4O4S2. The molecule has 0 saturated heterocycles. The summed E-state index contributed by atoms with van der Waals surface area (Å²) < 4.78 is 36.0. The smallest absolute Gasteiger partial charge is 0.387 e. The van der Waals surface area contributed by atoms with Crippen LogP contribution in [0.5, 0.6) is 5.75 Å². The van der Waals surface area contributed by atoms with Crippen LogP contribution in [0.15, 0.2) is 29.4 Å². The van der Waals surface area contributed by atoms with Gasteiger partial charge in [-0.2, -0.15) is 8.78 Å². The molecule has 0 unspecified atom stereocenters. The number of aryl methyl sites for hydroxylation is 1. The average molecular weight is 523 g/mol. The monoisotopic (exact) mass is 522 g/mol. The van der Waals surface area contributed by atoms with Crippen LogP contribution in [0.4, 0.5) is 13.8 Å². The summed E-state index contributed by atoms with van der Waals surface area (Å²) in [6.45, 7) is -0.868. The minimum Gasteiger partial charge on any atom is -0.462 e. The van der Waals surface area contributed by atoms with E-state index in [2.05, 4.69) is 20.3 Å². The number of nitrogens with zero attached hydrogens (tertiary/aromatic N) is 3. The first-order valence-electron chi connectivity index (χ1n) is 11.1. The molecule has 35 heavy (non-hydrogen) atoms. The van der Waals surface area contributed by atoms with E-state index in [1.165, 1.54) is 35.2 Å². The zero-order valence-electron chi connectivity index (χ0n) is 19.2. The second-order valence-corrected chi connectivity index (χ2v) is 9.79. The highest BCUT2D eigenvalue weighted by atomic mass is 32.2. The summed E-state index contributed by atoms with van der Waals surface area (Å²) in [6.07, 6.45) is 3.78. The maximum atomic E-state index is 12.7. The Balaban J connectivity index is 1.42. The van der Waals surface area contributed by atoms with Crippen molar-refractivity contribution in [3.05, 3.63) is 40.3 Å². The van der Waals surface area contributed by atoms with Gasteiger partial charge in [-0.15, -0.1) is 21.5 Å². The Morgan fingerprint density at radius 2 is 1.94 bits per heavy atom. The first-order valence-corrected chi connectivity index (χ1v) is 12.9. The zero-order valence-corrected chi connectivity index (χ0v) is 20.8. The van der Waals surface area contributed by atoms with Crippen LogP contribution in [0.2, 0.25) is 0 Å². The molecule has 3 aromatic rings. The fraction of sp³-hybridized carbons (Fsp3) is 0.391. The maximum Gasteiger partial charge on any atom is 0.387 e. The van der Waals surface area contributed by atoms with Gasteiger partial charge in [0.05, 0.1) is 17.9 Å². The van der Waals surface area contributed by atoms with E-state index in [-0.39, 0.29) is 24.0 Å². The fourth-order valence-electron chi connectivity index (χ4n) is 3.84. The number of amides is 1. The summed E-state index contributed by atoms with van der Waals surface area (Å²) in [4.78, 5) is 26.4. The van der Waals surface area contributed by atoms with Crippen molar-refractivity contribution >= 4 is 40.0 Å². The number of aromatic nitrogens is 3. The average Bonchev–Trinajstić information content (AvgIpc) is 3.37. The molecule has 2 heterocycles. The number of carbonyl (C=O) groups excluding carboxylic acids is 2. The van der Waals surface area contributed by atoms with Gasteiger partial charge in [-0.3, -0.25) is 4.79 Å². The lowest BCUT2D eigenvalue weighted by Gasteiger charge is -2.12. The number of fused-ring (bicyclic) bond motifs is 1. The van der Waals surface area contributed by atoms with Crippen molar-refractivity contribution in [2.75, 3.05) is 17.7 Å². The molecule has 186 valence electrons. The van der Waals surface area contributed by atoms with Gasteiger partial charge in [-0.25, -0.2) is 4.79 Å². The van der Waals surface area contributed by atoms with E-state index < -0.39 is 12.6 Å². The van der Waals surface area contributed by atoms with Crippen molar-refractivity contribution in [1.29, 1.82) is 0 Å².